The molecule has 8 heteroatoms. The maximum atomic E-state index is 11.8. The monoisotopic (exact) mass is 270 g/mol. The highest BCUT2D eigenvalue weighted by atomic mass is 32.2. The third kappa shape index (κ3) is 2.76. The van der Waals surface area contributed by atoms with Crippen molar-refractivity contribution in [1.29, 1.82) is 0 Å². The Hall–Kier alpha value is -1.70. The summed E-state index contributed by atoms with van der Waals surface area (Å²) in [5.41, 5.74) is 0.740. The van der Waals surface area contributed by atoms with E-state index in [1.54, 1.807) is 24.0 Å². The topological polar surface area (TPSA) is 87.5 Å². The number of carbonyl (C=O) groups is 2. The second kappa shape index (κ2) is 5.30. The van der Waals surface area contributed by atoms with Crippen molar-refractivity contribution in [3.8, 4) is 0 Å². The fourth-order valence-electron chi connectivity index (χ4n) is 1.67. The molecule has 0 aromatic carbocycles. The SMILES string of the molecule is Cn1ccc(CNC(=O)N2CSCC2C(=O)O)n1. The van der Waals surface area contributed by atoms with E-state index in [1.165, 1.54) is 16.7 Å². The molecule has 0 bridgehead atoms. The summed E-state index contributed by atoms with van der Waals surface area (Å²) < 4.78 is 1.65. The number of carbonyl (C=O) groups excluding carboxylic acids is 1. The first-order valence-corrected chi connectivity index (χ1v) is 6.57. The van der Waals surface area contributed by atoms with Crippen molar-refractivity contribution < 1.29 is 14.7 Å². The van der Waals surface area contributed by atoms with Crippen molar-refractivity contribution in [3.05, 3.63) is 18.0 Å². The third-order valence-corrected chi connectivity index (χ3v) is 3.63. The first-order valence-electron chi connectivity index (χ1n) is 5.41. The van der Waals surface area contributed by atoms with E-state index in [1.807, 2.05) is 0 Å². The highest BCUT2D eigenvalue weighted by Crippen LogP contribution is 2.20. The van der Waals surface area contributed by atoms with E-state index in [4.69, 9.17) is 5.11 Å². The Balaban J connectivity index is 1.89. The number of carboxylic acids is 1. The second-order valence-electron chi connectivity index (χ2n) is 3.96. The Morgan fingerprint density at radius 1 is 1.67 bits per heavy atom. The van der Waals surface area contributed by atoms with Crippen LogP contribution in [-0.4, -0.2) is 49.5 Å². The maximum absolute atomic E-state index is 11.8. The Bertz CT molecular complexity index is 462. The molecule has 1 aliphatic heterocycles. The summed E-state index contributed by atoms with van der Waals surface area (Å²) in [5.74, 6) is -0.120. The number of nitrogens with one attached hydrogen (secondary N) is 1. The van der Waals surface area contributed by atoms with Gasteiger partial charge in [0.2, 0.25) is 0 Å². The minimum Gasteiger partial charge on any atom is -0.480 e. The lowest BCUT2D eigenvalue weighted by Gasteiger charge is -2.20. The highest BCUT2D eigenvalue weighted by Gasteiger charge is 2.34. The lowest BCUT2D eigenvalue weighted by molar-refractivity contribution is -0.140. The van der Waals surface area contributed by atoms with Crippen molar-refractivity contribution >= 4 is 23.8 Å². The van der Waals surface area contributed by atoms with E-state index < -0.39 is 12.0 Å². The van der Waals surface area contributed by atoms with Gasteiger partial charge < -0.3 is 15.3 Å². The lowest BCUT2D eigenvalue weighted by atomic mass is 10.3. The molecule has 2 amide bonds. The highest BCUT2D eigenvalue weighted by molar-refractivity contribution is 7.99. The first-order chi connectivity index (χ1) is 8.58. The zero-order valence-electron chi connectivity index (χ0n) is 9.87. The predicted octanol–water partition coefficient (Wildman–Crippen LogP) is 0.0892. The quantitative estimate of drug-likeness (QED) is 0.812. The van der Waals surface area contributed by atoms with Gasteiger partial charge in [-0.3, -0.25) is 4.68 Å². The van der Waals surface area contributed by atoms with Crippen LogP contribution in [0.1, 0.15) is 5.69 Å². The zero-order chi connectivity index (χ0) is 13.1. The summed E-state index contributed by atoms with van der Waals surface area (Å²) in [6, 6.07) is 0.699. The fraction of sp³-hybridized carbons (Fsp3) is 0.500. The number of hydrogen-bond acceptors (Lipinski definition) is 4. The van der Waals surface area contributed by atoms with Gasteiger partial charge in [-0.25, -0.2) is 9.59 Å². The molecule has 2 rings (SSSR count). The Morgan fingerprint density at radius 3 is 3.06 bits per heavy atom. The van der Waals surface area contributed by atoms with Crippen LogP contribution in [0.3, 0.4) is 0 Å². The van der Waals surface area contributed by atoms with Crippen LogP contribution in [0.2, 0.25) is 0 Å². The molecule has 0 spiro atoms. The van der Waals surface area contributed by atoms with Crippen molar-refractivity contribution in [3.63, 3.8) is 0 Å². The van der Waals surface area contributed by atoms with Gasteiger partial charge in [0.05, 0.1) is 18.1 Å². The first kappa shape index (κ1) is 12.7. The Labute approximate surface area is 108 Å². The molecule has 1 atom stereocenters. The summed E-state index contributed by atoms with van der Waals surface area (Å²) in [5, 5.41) is 15.8. The van der Waals surface area contributed by atoms with Crippen LogP contribution in [0, 0.1) is 0 Å². The lowest BCUT2D eigenvalue weighted by Crippen LogP contribution is -2.46. The van der Waals surface area contributed by atoms with E-state index in [0.29, 0.717) is 18.2 Å². The summed E-state index contributed by atoms with van der Waals surface area (Å²) in [6.07, 6.45) is 1.78. The maximum Gasteiger partial charge on any atom is 0.327 e. The smallest absolute Gasteiger partial charge is 0.327 e. The van der Waals surface area contributed by atoms with E-state index in [2.05, 4.69) is 10.4 Å². The van der Waals surface area contributed by atoms with Gasteiger partial charge in [-0.15, -0.1) is 11.8 Å². The van der Waals surface area contributed by atoms with Crippen LogP contribution < -0.4 is 5.32 Å². The number of nitrogens with zero attached hydrogens (tertiary/aromatic N) is 3. The zero-order valence-corrected chi connectivity index (χ0v) is 10.7. The number of amides is 2. The summed E-state index contributed by atoms with van der Waals surface area (Å²) in [7, 11) is 1.79. The van der Waals surface area contributed by atoms with Gasteiger partial charge in [-0.05, 0) is 6.07 Å². The van der Waals surface area contributed by atoms with Gasteiger partial charge in [0, 0.05) is 19.0 Å². The van der Waals surface area contributed by atoms with E-state index in [0.717, 1.165) is 5.69 Å². The number of aromatic nitrogens is 2. The molecule has 98 valence electrons. The number of aliphatic carboxylic acids is 1. The van der Waals surface area contributed by atoms with Gasteiger partial charge in [0.15, 0.2) is 0 Å². The van der Waals surface area contributed by atoms with Crippen molar-refractivity contribution in [2.24, 2.45) is 7.05 Å². The molecule has 0 aliphatic carbocycles. The van der Waals surface area contributed by atoms with Crippen molar-refractivity contribution in [2.45, 2.75) is 12.6 Å². The number of aryl methyl sites for hydroxylation is 1. The van der Waals surface area contributed by atoms with Crippen LogP contribution in [0.15, 0.2) is 12.3 Å². The molecule has 1 aromatic heterocycles. The van der Waals surface area contributed by atoms with Crippen LogP contribution in [-0.2, 0) is 18.4 Å². The Kier molecular flexibility index (Phi) is 3.75. The van der Waals surface area contributed by atoms with E-state index >= 15 is 0 Å². The van der Waals surface area contributed by atoms with Crippen LogP contribution in [0.4, 0.5) is 4.79 Å². The predicted molar refractivity (Wildman–Crippen MR) is 66.0 cm³/mol. The van der Waals surface area contributed by atoms with Gasteiger partial charge in [-0.1, -0.05) is 0 Å². The molecule has 7 nitrogen and oxygen atoms in total. The number of carboxylic acid groups (broad SMARTS) is 1. The number of rotatable bonds is 3. The molecular formula is C10H14N4O3S. The van der Waals surface area contributed by atoms with Gasteiger partial charge in [0.25, 0.3) is 0 Å². The van der Waals surface area contributed by atoms with E-state index in [9.17, 15) is 9.59 Å². The van der Waals surface area contributed by atoms with Gasteiger partial charge in [-0.2, -0.15) is 5.10 Å². The third-order valence-electron chi connectivity index (χ3n) is 2.62. The largest absolute Gasteiger partial charge is 0.480 e. The molecule has 0 saturated carbocycles. The minimum absolute atomic E-state index is 0.299. The molecule has 2 N–H and O–H groups in total. The van der Waals surface area contributed by atoms with E-state index in [-0.39, 0.29) is 6.03 Å². The van der Waals surface area contributed by atoms with Gasteiger partial charge >= 0.3 is 12.0 Å². The van der Waals surface area contributed by atoms with Crippen LogP contribution in [0.25, 0.3) is 0 Å². The number of thioether (sulfide) groups is 1. The molecular weight excluding hydrogens is 256 g/mol. The Morgan fingerprint density at radius 2 is 2.44 bits per heavy atom. The average Bonchev–Trinajstić information content (AvgIpc) is 2.94. The van der Waals surface area contributed by atoms with Crippen molar-refractivity contribution in [1.82, 2.24) is 20.0 Å². The van der Waals surface area contributed by atoms with Crippen molar-refractivity contribution in [2.75, 3.05) is 11.6 Å². The summed E-state index contributed by atoms with van der Waals surface area (Å²) in [4.78, 5) is 24.1. The number of hydrogen-bond donors (Lipinski definition) is 2. The van der Waals surface area contributed by atoms with Crippen LogP contribution >= 0.6 is 11.8 Å². The molecule has 2 heterocycles. The molecule has 1 saturated heterocycles. The fourth-order valence-corrected chi connectivity index (χ4v) is 2.82. The molecule has 1 aromatic rings. The second-order valence-corrected chi connectivity index (χ2v) is 4.96. The minimum atomic E-state index is -0.965. The number of urea groups is 1. The summed E-state index contributed by atoms with van der Waals surface area (Å²) in [6.45, 7) is 0.299. The molecule has 18 heavy (non-hydrogen) atoms. The normalized spacial score (nSPS) is 18.9. The molecule has 0 radical (unpaired) electrons. The standard InChI is InChI=1S/C10H14N4O3S/c1-13-3-2-7(12-13)4-11-10(17)14-6-18-5-8(14)9(15)16/h2-3,8H,4-6H2,1H3,(H,11,17)(H,15,16). The molecule has 1 aliphatic rings. The molecule has 1 unspecified atom stereocenters. The average molecular weight is 270 g/mol. The summed E-state index contributed by atoms with van der Waals surface area (Å²) >= 11 is 1.44. The van der Waals surface area contributed by atoms with Crippen LogP contribution in [0.5, 0.6) is 0 Å². The molecule has 1 fully saturated rings. The van der Waals surface area contributed by atoms with Gasteiger partial charge in [0.1, 0.15) is 6.04 Å².